The van der Waals surface area contributed by atoms with Crippen LogP contribution in [0.4, 0.5) is 5.69 Å². The smallest absolute Gasteiger partial charge is 0.341 e. The Morgan fingerprint density at radius 3 is 2.26 bits per heavy atom. The van der Waals surface area contributed by atoms with Crippen LogP contribution in [-0.4, -0.2) is 22.6 Å². The highest BCUT2D eigenvalue weighted by atomic mass is 35.5. The van der Waals surface area contributed by atoms with Gasteiger partial charge in [-0.1, -0.05) is 23.2 Å². The minimum absolute atomic E-state index is 0.0327. The Bertz CT molecular complexity index is 550. The largest absolute Gasteiger partial charge is 0.478 e. The quantitative estimate of drug-likeness (QED) is 0.646. The lowest BCUT2D eigenvalue weighted by atomic mass is 10.1. The van der Waals surface area contributed by atoms with Crippen molar-refractivity contribution in [1.82, 2.24) is 0 Å². The monoisotopic (exact) mass is 305 g/mol. The molecular weight excluding hydrogens is 293 g/mol. The van der Waals surface area contributed by atoms with Crippen LogP contribution in [0.15, 0.2) is 6.07 Å². The summed E-state index contributed by atoms with van der Waals surface area (Å²) in [6.45, 7) is 4.95. The van der Waals surface area contributed by atoms with Crippen molar-refractivity contribution >= 4 is 40.8 Å². The van der Waals surface area contributed by atoms with Crippen molar-refractivity contribution in [3.8, 4) is 0 Å². The minimum Gasteiger partial charge on any atom is -0.478 e. The number of carboxylic acids is 1. The molecule has 0 aliphatic heterocycles. The third-order valence-corrected chi connectivity index (χ3v) is 2.79. The number of ether oxygens (including phenoxy) is 1. The van der Waals surface area contributed by atoms with Crippen LogP contribution in [0.5, 0.6) is 0 Å². The van der Waals surface area contributed by atoms with E-state index in [1.807, 2.05) is 0 Å². The van der Waals surface area contributed by atoms with E-state index < -0.39 is 17.5 Å². The second kappa shape index (κ2) is 5.27. The first-order chi connectivity index (χ1) is 8.54. The molecule has 0 fully saturated rings. The zero-order valence-electron chi connectivity index (χ0n) is 10.6. The molecule has 0 bridgehead atoms. The fourth-order valence-corrected chi connectivity index (χ4v) is 1.86. The maximum atomic E-state index is 12.0. The van der Waals surface area contributed by atoms with Gasteiger partial charge >= 0.3 is 11.9 Å². The van der Waals surface area contributed by atoms with Gasteiger partial charge in [-0.15, -0.1) is 0 Å². The van der Waals surface area contributed by atoms with E-state index in [9.17, 15) is 9.59 Å². The molecule has 0 saturated heterocycles. The summed E-state index contributed by atoms with van der Waals surface area (Å²) in [5.41, 5.74) is 4.09. The fraction of sp³-hybridized carbons (Fsp3) is 0.333. The van der Waals surface area contributed by atoms with Gasteiger partial charge in [0.25, 0.3) is 0 Å². The van der Waals surface area contributed by atoms with E-state index in [2.05, 4.69) is 0 Å². The number of rotatable bonds is 2. The topological polar surface area (TPSA) is 89.6 Å². The SMILES string of the molecule is CC(C)(C)OC(=O)c1c(C(=O)O)cc(Cl)c(N)c1Cl. The van der Waals surface area contributed by atoms with E-state index in [1.54, 1.807) is 20.8 Å². The van der Waals surface area contributed by atoms with Crippen molar-refractivity contribution in [2.24, 2.45) is 0 Å². The molecule has 0 radical (unpaired) electrons. The summed E-state index contributed by atoms with van der Waals surface area (Å²) in [6.07, 6.45) is 0. The molecule has 0 unspecified atom stereocenters. The number of aromatic carboxylic acids is 1. The summed E-state index contributed by atoms with van der Waals surface area (Å²) in [6, 6.07) is 1.07. The Labute approximate surface area is 120 Å². The van der Waals surface area contributed by atoms with Crippen LogP contribution in [-0.2, 0) is 4.74 Å². The second-order valence-electron chi connectivity index (χ2n) is 4.82. The zero-order chi connectivity index (χ0) is 15.0. The molecule has 0 aromatic heterocycles. The fourth-order valence-electron chi connectivity index (χ4n) is 1.33. The Morgan fingerprint density at radius 2 is 1.84 bits per heavy atom. The van der Waals surface area contributed by atoms with E-state index in [4.69, 9.17) is 38.8 Å². The van der Waals surface area contributed by atoms with Crippen molar-refractivity contribution in [3.63, 3.8) is 0 Å². The normalized spacial score (nSPS) is 11.2. The van der Waals surface area contributed by atoms with Gasteiger partial charge in [-0.3, -0.25) is 0 Å². The number of nitrogen functional groups attached to an aromatic ring is 1. The number of hydrogen-bond acceptors (Lipinski definition) is 4. The van der Waals surface area contributed by atoms with Crippen molar-refractivity contribution in [2.75, 3.05) is 5.73 Å². The predicted molar refractivity (Wildman–Crippen MR) is 73.0 cm³/mol. The number of benzene rings is 1. The number of anilines is 1. The van der Waals surface area contributed by atoms with Crippen LogP contribution in [0.1, 0.15) is 41.5 Å². The molecule has 7 heteroatoms. The summed E-state index contributed by atoms with van der Waals surface area (Å²) in [7, 11) is 0. The molecule has 0 saturated carbocycles. The standard InChI is InChI=1S/C12H13Cl2NO4/c1-12(2,3)19-11(18)7-5(10(16)17)4-6(13)9(15)8(7)14/h4H,15H2,1-3H3,(H,16,17). The van der Waals surface area contributed by atoms with E-state index in [-0.39, 0.29) is 26.9 Å². The van der Waals surface area contributed by atoms with Gasteiger partial charge in [0.1, 0.15) is 5.60 Å². The highest BCUT2D eigenvalue weighted by molar-refractivity contribution is 6.41. The molecule has 1 aromatic carbocycles. The number of carbonyl (C=O) groups is 2. The number of carbonyl (C=O) groups excluding carboxylic acids is 1. The molecule has 0 amide bonds. The molecule has 104 valence electrons. The Morgan fingerprint density at radius 1 is 1.32 bits per heavy atom. The number of hydrogen-bond donors (Lipinski definition) is 2. The van der Waals surface area contributed by atoms with Gasteiger partial charge in [-0.25, -0.2) is 9.59 Å². The van der Waals surface area contributed by atoms with Crippen molar-refractivity contribution in [3.05, 3.63) is 27.2 Å². The van der Waals surface area contributed by atoms with E-state index >= 15 is 0 Å². The van der Waals surface area contributed by atoms with Crippen LogP contribution in [0.25, 0.3) is 0 Å². The van der Waals surface area contributed by atoms with Crippen LogP contribution >= 0.6 is 23.2 Å². The zero-order valence-corrected chi connectivity index (χ0v) is 12.1. The highest BCUT2D eigenvalue weighted by Crippen LogP contribution is 2.34. The third kappa shape index (κ3) is 3.52. The average molecular weight is 306 g/mol. The molecule has 1 aromatic rings. The molecule has 0 spiro atoms. The van der Waals surface area contributed by atoms with E-state index in [0.717, 1.165) is 6.07 Å². The van der Waals surface area contributed by atoms with Crippen LogP contribution < -0.4 is 5.73 Å². The number of nitrogens with two attached hydrogens (primary N) is 1. The second-order valence-corrected chi connectivity index (χ2v) is 5.60. The Kier molecular flexibility index (Phi) is 4.32. The molecule has 19 heavy (non-hydrogen) atoms. The van der Waals surface area contributed by atoms with E-state index in [0.29, 0.717) is 0 Å². The molecule has 0 atom stereocenters. The van der Waals surface area contributed by atoms with Crippen LogP contribution in [0.2, 0.25) is 10.0 Å². The molecule has 5 nitrogen and oxygen atoms in total. The Hall–Kier alpha value is -1.46. The molecule has 3 N–H and O–H groups in total. The molecule has 0 aliphatic carbocycles. The number of halogens is 2. The van der Waals surface area contributed by atoms with Crippen molar-refractivity contribution in [2.45, 2.75) is 26.4 Å². The summed E-state index contributed by atoms with van der Waals surface area (Å²) < 4.78 is 5.10. The maximum Gasteiger partial charge on any atom is 0.341 e. The third-order valence-electron chi connectivity index (χ3n) is 2.09. The van der Waals surface area contributed by atoms with Gasteiger partial charge in [0.05, 0.1) is 26.9 Å². The number of esters is 1. The lowest BCUT2D eigenvalue weighted by Gasteiger charge is -2.21. The molecule has 0 heterocycles. The van der Waals surface area contributed by atoms with Gasteiger partial charge in [0, 0.05) is 0 Å². The molecular formula is C12H13Cl2NO4. The summed E-state index contributed by atoms with van der Waals surface area (Å²) in [4.78, 5) is 23.1. The number of carboxylic acid groups (broad SMARTS) is 1. The first-order valence-corrected chi connectivity index (χ1v) is 6.04. The van der Waals surface area contributed by atoms with E-state index in [1.165, 1.54) is 0 Å². The average Bonchev–Trinajstić information content (AvgIpc) is 2.22. The van der Waals surface area contributed by atoms with Crippen LogP contribution in [0, 0.1) is 0 Å². The lowest BCUT2D eigenvalue weighted by molar-refractivity contribution is 0.00661. The van der Waals surface area contributed by atoms with Crippen molar-refractivity contribution < 1.29 is 19.4 Å². The maximum absolute atomic E-state index is 12.0. The van der Waals surface area contributed by atoms with Crippen LogP contribution in [0.3, 0.4) is 0 Å². The summed E-state index contributed by atoms with van der Waals surface area (Å²) in [5.74, 6) is -2.21. The molecule has 0 aliphatic rings. The lowest BCUT2D eigenvalue weighted by Crippen LogP contribution is -2.25. The van der Waals surface area contributed by atoms with Gasteiger partial charge < -0.3 is 15.6 Å². The molecule has 1 rings (SSSR count). The first-order valence-electron chi connectivity index (χ1n) is 5.28. The van der Waals surface area contributed by atoms with Gasteiger partial charge in [-0.2, -0.15) is 0 Å². The highest BCUT2D eigenvalue weighted by Gasteiger charge is 2.28. The van der Waals surface area contributed by atoms with Gasteiger partial charge in [0.2, 0.25) is 0 Å². The Balaban J connectivity index is 3.45. The van der Waals surface area contributed by atoms with Gasteiger partial charge in [-0.05, 0) is 26.8 Å². The van der Waals surface area contributed by atoms with Crippen molar-refractivity contribution in [1.29, 1.82) is 0 Å². The minimum atomic E-state index is -1.34. The predicted octanol–water partition coefficient (Wildman–Crippen LogP) is 3.23. The summed E-state index contributed by atoms with van der Waals surface area (Å²) in [5, 5.41) is 8.83. The summed E-state index contributed by atoms with van der Waals surface area (Å²) >= 11 is 11.6. The first kappa shape index (κ1) is 15.6. The van der Waals surface area contributed by atoms with Gasteiger partial charge in [0.15, 0.2) is 0 Å².